The maximum Gasteiger partial charge on any atom is 0.155 e. The van der Waals surface area contributed by atoms with Crippen LogP contribution in [0.4, 0.5) is 0 Å². The largest absolute Gasteiger partial charge is 0.295 e. The van der Waals surface area contributed by atoms with Crippen LogP contribution in [0.25, 0.3) is 0 Å². The number of hydrogen-bond donors (Lipinski definition) is 0. The van der Waals surface area contributed by atoms with E-state index in [1.807, 2.05) is 6.08 Å². The van der Waals surface area contributed by atoms with Crippen molar-refractivity contribution < 1.29 is 5.11 Å². The zero-order valence-corrected chi connectivity index (χ0v) is 4.76. The summed E-state index contributed by atoms with van der Waals surface area (Å²) < 4.78 is 0. The quantitative estimate of drug-likeness (QED) is 0.451. The van der Waals surface area contributed by atoms with E-state index in [4.69, 9.17) is 0 Å². The lowest BCUT2D eigenvalue weighted by molar-refractivity contribution is 0.247. The summed E-state index contributed by atoms with van der Waals surface area (Å²) in [7, 11) is 0. The van der Waals surface area contributed by atoms with Crippen LogP contribution in [0.5, 0.6) is 0 Å². The number of hydrogen-bond acceptors (Lipinski definition) is 0. The third-order valence-electron chi connectivity index (χ3n) is 2.28. The first kappa shape index (κ1) is 4.42. The number of fused-ring (bicyclic) bond motifs is 2. The van der Waals surface area contributed by atoms with Crippen molar-refractivity contribution in [3.63, 3.8) is 0 Å². The van der Waals surface area contributed by atoms with E-state index in [1.54, 1.807) is 0 Å². The van der Waals surface area contributed by atoms with Crippen LogP contribution in [0.3, 0.4) is 0 Å². The van der Waals surface area contributed by atoms with Gasteiger partial charge < -0.3 is 0 Å². The molecule has 0 heterocycles. The van der Waals surface area contributed by atoms with Crippen molar-refractivity contribution in [2.75, 3.05) is 0 Å². The monoisotopic (exact) mass is 109 g/mol. The Hall–Kier alpha value is -0.460. The summed E-state index contributed by atoms with van der Waals surface area (Å²) in [5.74, 6) is 1.54. The number of allylic oxidation sites excluding steroid dienone is 2. The van der Waals surface area contributed by atoms with Gasteiger partial charge in [-0.2, -0.15) is 0 Å². The van der Waals surface area contributed by atoms with E-state index in [0.29, 0.717) is 17.6 Å². The molecule has 2 rings (SSSR count). The van der Waals surface area contributed by atoms with Crippen LogP contribution < -0.4 is 0 Å². The SMILES string of the molecule is [O]C1=CC2CCC1C2. The third kappa shape index (κ3) is 0.417. The van der Waals surface area contributed by atoms with E-state index in [0.717, 1.165) is 0 Å². The predicted molar refractivity (Wildman–Crippen MR) is 29.6 cm³/mol. The Kier molecular flexibility index (Phi) is 0.706. The second kappa shape index (κ2) is 1.28. The average molecular weight is 109 g/mol. The van der Waals surface area contributed by atoms with Gasteiger partial charge in [-0.3, -0.25) is 5.11 Å². The second-order valence-electron chi connectivity index (χ2n) is 2.84. The van der Waals surface area contributed by atoms with Gasteiger partial charge in [0.2, 0.25) is 0 Å². The molecule has 0 saturated heterocycles. The van der Waals surface area contributed by atoms with Crippen molar-refractivity contribution in [2.24, 2.45) is 11.8 Å². The summed E-state index contributed by atoms with van der Waals surface area (Å²) in [5, 5.41) is 10.8. The van der Waals surface area contributed by atoms with Gasteiger partial charge in [-0.15, -0.1) is 0 Å². The summed E-state index contributed by atoms with van der Waals surface area (Å²) >= 11 is 0. The molecule has 0 aromatic carbocycles. The summed E-state index contributed by atoms with van der Waals surface area (Å²) in [4.78, 5) is 0. The Labute approximate surface area is 49.0 Å². The maximum atomic E-state index is 10.8. The van der Waals surface area contributed by atoms with E-state index >= 15 is 0 Å². The van der Waals surface area contributed by atoms with Crippen molar-refractivity contribution in [1.29, 1.82) is 0 Å². The van der Waals surface area contributed by atoms with Crippen LogP contribution in [0.15, 0.2) is 11.8 Å². The summed E-state index contributed by atoms with van der Waals surface area (Å²) in [6.45, 7) is 0. The zero-order valence-electron chi connectivity index (χ0n) is 4.76. The summed E-state index contributed by atoms with van der Waals surface area (Å²) in [5.41, 5.74) is 0. The molecule has 0 aromatic heterocycles. The van der Waals surface area contributed by atoms with Gasteiger partial charge in [0, 0.05) is 5.92 Å². The summed E-state index contributed by atoms with van der Waals surface area (Å²) in [6.07, 6.45) is 5.52. The lowest BCUT2D eigenvalue weighted by Gasteiger charge is -2.00. The molecule has 43 valence electrons. The molecule has 2 aliphatic rings. The fourth-order valence-corrected chi connectivity index (χ4v) is 1.79. The van der Waals surface area contributed by atoms with Crippen molar-refractivity contribution in [3.8, 4) is 0 Å². The average Bonchev–Trinajstić information content (AvgIpc) is 2.23. The van der Waals surface area contributed by atoms with Gasteiger partial charge in [0.05, 0.1) is 0 Å². The van der Waals surface area contributed by atoms with Crippen molar-refractivity contribution >= 4 is 0 Å². The standard InChI is InChI=1S/C7H9O/c8-7-4-5-1-2-6(7)3-5/h4-6H,1-3H2. The summed E-state index contributed by atoms with van der Waals surface area (Å²) in [6, 6.07) is 0. The highest BCUT2D eigenvalue weighted by Gasteiger charge is 2.33. The molecule has 0 amide bonds. The first-order valence-corrected chi connectivity index (χ1v) is 3.25. The van der Waals surface area contributed by atoms with Gasteiger partial charge in [-0.25, -0.2) is 0 Å². The maximum absolute atomic E-state index is 10.8. The van der Waals surface area contributed by atoms with Gasteiger partial charge in [0.15, 0.2) is 5.76 Å². The zero-order chi connectivity index (χ0) is 5.56. The highest BCUT2D eigenvalue weighted by molar-refractivity contribution is 5.12. The topological polar surface area (TPSA) is 19.9 Å². The molecule has 1 saturated carbocycles. The minimum Gasteiger partial charge on any atom is -0.295 e. The fraction of sp³-hybridized carbons (Fsp3) is 0.714. The van der Waals surface area contributed by atoms with E-state index < -0.39 is 0 Å². The first-order valence-electron chi connectivity index (χ1n) is 3.25. The molecular weight excluding hydrogens is 100 g/mol. The Bertz CT molecular complexity index is 137. The van der Waals surface area contributed by atoms with Gasteiger partial charge in [0.1, 0.15) is 0 Å². The van der Waals surface area contributed by atoms with Gasteiger partial charge >= 0.3 is 0 Å². The molecule has 1 nitrogen and oxygen atoms in total. The Morgan fingerprint density at radius 1 is 1.50 bits per heavy atom. The van der Waals surface area contributed by atoms with E-state index in [1.165, 1.54) is 19.3 Å². The molecule has 2 aliphatic carbocycles. The van der Waals surface area contributed by atoms with Crippen molar-refractivity contribution in [3.05, 3.63) is 11.8 Å². The normalized spacial score (nSPS) is 42.8. The molecule has 0 spiro atoms. The molecule has 2 bridgehead atoms. The van der Waals surface area contributed by atoms with E-state index in [2.05, 4.69) is 0 Å². The molecule has 1 fully saturated rings. The third-order valence-corrected chi connectivity index (χ3v) is 2.28. The van der Waals surface area contributed by atoms with Gasteiger partial charge in [-0.1, -0.05) is 0 Å². The Balaban J connectivity index is 2.29. The Morgan fingerprint density at radius 3 is 2.62 bits per heavy atom. The van der Waals surface area contributed by atoms with Crippen LogP contribution >= 0.6 is 0 Å². The van der Waals surface area contributed by atoms with Crippen LogP contribution in [0.1, 0.15) is 19.3 Å². The molecule has 0 aromatic rings. The molecule has 8 heavy (non-hydrogen) atoms. The van der Waals surface area contributed by atoms with Crippen LogP contribution in [-0.2, 0) is 5.11 Å². The van der Waals surface area contributed by atoms with Crippen LogP contribution in [0, 0.1) is 11.8 Å². The van der Waals surface area contributed by atoms with E-state index in [9.17, 15) is 5.11 Å². The molecule has 2 atom stereocenters. The van der Waals surface area contributed by atoms with Crippen LogP contribution in [0.2, 0.25) is 0 Å². The second-order valence-corrected chi connectivity index (χ2v) is 2.84. The van der Waals surface area contributed by atoms with Crippen molar-refractivity contribution in [2.45, 2.75) is 19.3 Å². The molecular formula is C7H9O. The molecule has 0 aliphatic heterocycles. The minimum atomic E-state index is 0.418. The highest BCUT2D eigenvalue weighted by Crippen LogP contribution is 2.42. The van der Waals surface area contributed by atoms with Gasteiger partial charge in [-0.05, 0) is 31.3 Å². The highest BCUT2D eigenvalue weighted by atomic mass is 16.3. The lowest BCUT2D eigenvalue weighted by Crippen LogP contribution is -1.92. The molecule has 1 radical (unpaired) electrons. The fourth-order valence-electron chi connectivity index (χ4n) is 1.79. The minimum absolute atomic E-state index is 0.418. The van der Waals surface area contributed by atoms with Crippen LogP contribution in [-0.4, -0.2) is 0 Å². The smallest absolute Gasteiger partial charge is 0.155 e. The van der Waals surface area contributed by atoms with Crippen molar-refractivity contribution in [1.82, 2.24) is 0 Å². The lowest BCUT2D eigenvalue weighted by atomic mass is 10.1. The van der Waals surface area contributed by atoms with E-state index in [-0.39, 0.29) is 0 Å². The molecule has 0 N–H and O–H groups in total. The van der Waals surface area contributed by atoms with Gasteiger partial charge in [0.25, 0.3) is 0 Å². The number of rotatable bonds is 0. The molecule has 1 heteroatoms. The molecule has 2 unspecified atom stereocenters. The first-order chi connectivity index (χ1) is 3.86. The predicted octanol–water partition coefficient (Wildman–Crippen LogP) is 1.73. The Morgan fingerprint density at radius 2 is 2.38 bits per heavy atom.